The standard InChI is InChI=1S/C56H32O/c1-2-14-34-29-48-47(28-33(34)13-1)40-19-7-8-20-41(40)50-32-53-51(31-49(48)50)42-26-25-37(30-52(42)57-53)54-43-21-9-11-23-45(43)56(46-24-12-10-22-44(46)54)55-38-17-5-3-15-35(38)27-36-16-4-6-18-39(36)55/h1-32H. The maximum Gasteiger partial charge on any atom is 0.136 e. The zero-order chi connectivity index (χ0) is 37.2. The molecule has 13 aromatic rings. The zero-order valence-electron chi connectivity index (χ0n) is 30.9. The van der Waals surface area contributed by atoms with Gasteiger partial charge in [0.05, 0.1) is 0 Å². The highest BCUT2D eigenvalue weighted by Crippen LogP contribution is 2.48. The fourth-order valence-electron chi connectivity index (χ4n) is 10.1. The predicted molar refractivity (Wildman–Crippen MR) is 245 cm³/mol. The van der Waals surface area contributed by atoms with Crippen LogP contribution in [0.25, 0.3) is 130 Å². The van der Waals surface area contributed by atoms with Gasteiger partial charge in [0.1, 0.15) is 11.2 Å². The average Bonchev–Trinajstić information content (AvgIpc) is 3.63. The van der Waals surface area contributed by atoms with Crippen LogP contribution in [0, 0.1) is 0 Å². The summed E-state index contributed by atoms with van der Waals surface area (Å²) in [6.45, 7) is 0. The fourth-order valence-corrected chi connectivity index (χ4v) is 10.1. The third-order valence-corrected chi connectivity index (χ3v) is 12.5. The van der Waals surface area contributed by atoms with Crippen molar-refractivity contribution in [3.8, 4) is 22.3 Å². The molecule has 262 valence electrons. The molecule has 0 N–H and O–H groups in total. The Hall–Kier alpha value is -7.48. The lowest BCUT2D eigenvalue weighted by Crippen LogP contribution is -1.92. The minimum absolute atomic E-state index is 0.897. The minimum atomic E-state index is 0.897. The molecule has 13 rings (SSSR count). The molecule has 0 unspecified atom stereocenters. The molecule has 57 heavy (non-hydrogen) atoms. The van der Waals surface area contributed by atoms with E-state index in [1.807, 2.05) is 0 Å². The molecule has 1 heteroatoms. The van der Waals surface area contributed by atoms with Crippen molar-refractivity contribution >= 4 is 108 Å². The number of furan rings is 1. The summed E-state index contributed by atoms with van der Waals surface area (Å²) in [5, 5.41) is 22.3. The number of hydrogen-bond donors (Lipinski definition) is 0. The number of hydrogen-bond acceptors (Lipinski definition) is 1. The van der Waals surface area contributed by atoms with Gasteiger partial charge in [0.2, 0.25) is 0 Å². The third kappa shape index (κ3) is 4.34. The van der Waals surface area contributed by atoms with Gasteiger partial charge < -0.3 is 4.42 Å². The molecule has 1 aromatic heterocycles. The first-order valence-electron chi connectivity index (χ1n) is 19.7. The largest absolute Gasteiger partial charge is 0.456 e. The zero-order valence-corrected chi connectivity index (χ0v) is 30.9. The SMILES string of the molecule is c1ccc2cc3c(cc2c1)c1ccccc1c1cc2oc4cc(-c5c6ccccc6c(-c6c7ccccc7cc7ccccc67)c6ccccc56)ccc4c2cc31. The first-order valence-corrected chi connectivity index (χ1v) is 19.7. The van der Waals surface area contributed by atoms with Crippen LogP contribution in [0.3, 0.4) is 0 Å². The summed E-state index contributed by atoms with van der Waals surface area (Å²) >= 11 is 0. The molecule has 0 fully saturated rings. The summed E-state index contributed by atoms with van der Waals surface area (Å²) in [7, 11) is 0. The van der Waals surface area contributed by atoms with Gasteiger partial charge in [0.25, 0.3) is 0 Å². The van der Waals surface area contributed by atoms with Crippen molar-refractivity contribution in [3.05, 3.63) is 194 Å². The molecule has 0 aliphatic rings. The quantitative estimate of drug-likeness (QED) is 0.128. The van der Waals surface area contributed by atoms with E-state index in [-0.39, 0.29) is 0 Å². The van der Waals surface area contributed by atoms with E-state index >= 15 is 0 Å². The summed E-state index contributed by atoms with van der Waals surface area (Å²) in [6.07, 6.45) is 0. The van der Waals surface area contributed by atoms with E-state index in [1.54, 1.807) is 0 Å². The van der Waals surface area contributed by atoms with E-state index in [0.717, 1.165) is 27.5 Å². The number of rotatable bonds is 2. The van der Waals surface area contributed by atoms with Crippen molar-refractivity contribution in [2.45, 2.75) is 0 Å². The van der Waals surface area contributed by atoms with Gasteiger partial charge in [-0.3, -0.25) is 0 Å². The second-order valence-electron chi connectivity index (χ2n) is 15.5. The maximum atomic E-state index is 6.87. The van der Waals surface area contributed by atoms with Gasteiger partial charge >= 0.3 is 0 Å². The molecule has 0 radical (unpaired) electrons. The van der Waals surface area contributed by atoms with E-state index in [9.17, 15) is 0 Å². The molecule has 1 nitrogen and oxygen atoms in total. The van der Waals surface area contributed by atoms with Crippen LogP contribution in [0.5, 0.6) is 0 Å². The molecule has 0 aliphatic carbocycles. The first kappa shape index (κ1) is 30.8. The Balaban J connectivity index is 1.09. The molecule has 1 heterocycles. The van der Waals surface area contributed by atoms with Crippen molar-refractivity contribution in [3.63, 3.8) is 0 Å². The van der Waals surface area contributed by atoms with Gasteiger partial charge in [-0.2, -0.15) is 0 Å². The third-order valence-electron chi connectivity index (χ3n) is 12.5. The Kier molecular flexibility index (Phi) is 6.23. The lowest BCUT2D eigenvalue weighted by atomic mass is 9.83. The van der Waals surface area contributed by atoms with E-state index in [0.29, 0.717) is 0 Å². The smallest absolute Gasteiger partial charge is 0.136 e. The Morgan fingerprint density at radius 3 is 1.19 bits per heavy atom. The molecule has 0 atom stereocenters. The van der Waals surface area contributed by atoms with Crippen LogP contribution in [0.4, 0.5) is 0 Å². The van der Waals surface area contributed by atoms with Crippen LogP contribution >= 0.6 is 0 Å². The van der Waals surface area contributed by atoms with Crippen molar-refractivity contribution in [1.82, 2.24) is 0 Å². The highest BCUT2D eigenvalue weighted by Gasteiger charge is 2.21. The van der Waals surface area contributed by atoms with E-state index in [4.69, 9.17) is 4.42 Å². The van der Waals surface area contributed by atoms with Crippen LogP contribution in [-0.4, -0.2) is 0 Å². The van der Waals surface area contributed by atoms with Gasteiger partial charge in [-0.05, 0) is 151 Å². The fraction of sp³-hybridized carbons (Fsp3) is 0. The molecular formula is C56H32O. The van der Waals surface area contributed by atoms with E-state index in [1.165, 1.54) is 103 Å². The molecular weight excluding hydrogens is 689 g/mol. The summed E-state index contributed by atoms with van der Waals surface area (Å²) < 4.78 is 6.87. The van der Waals surface area contributed by atoms with Crippen LogP contribution in [0.1, 0.15) is 0 Å². The number of fused-ring (bicyclic) bond motifs is 14. The minimum Gasteiger partial charge on any atom is -0.456 e. The van der Waals surface area contributed by atoms with Gasteiger partial charge in [-0.25, -0.2) is 0 Å². The second kappa shape index (κ2) is 11.5. The Bertz CT molecular complexity index is 3750. The summed E-state index contributed by atoms with van der Waals surface area (Å²) in [4.78, 5) is 0. The Morgan fingerprint density at radius 1 is 0.211 bits per heavy atom. The van der Waals surface area contributed by atoms with Crippen LogP contribution in [-0.2, 0) is 0 Å². The van der Waals surface area contributed by atoms with Gasteiger partial charge in [-0.15, -0.1) is 0 Å². The topological polar surface area (TPSA) is 13.1 Å². The molecule has 0 bridgehead atoms. The summed E-state index contributed by atoms with van der Waals surface area (Å²) in [5.41, 5.74) is 6.75. The lowest BCUT2D eigenvalue weighted by Gasteiger charge is -2.20. The Labute approximate surface area is 327 Å². The monoisotopic (exact) mass is 720 g/mol. The van der Waals surface area contributed by atoms with Gasteiger partial charge in [-0.1, -0.05) is 152 Å². The average molecular weight is 721 g/mol. The molecule has 0 aliphatic heterocycles. The van der Waals surface area contributed by atoms with Gasteiger partial charge in [0.15, 0.2) is 0 Å². The molecule has 0 saturated heterocycles. The Morgan fingerprint density at radius 2 is 0.614 bits per heavy atom. The van der Waals surface area contributed by atoms with Crippen LogP contribution in [0.2, 0.25) is 0 Å². The first-order chi connectivity index (χ1) is 28.3. The predicted octanol–water partition coefficient (Wildman–Crippen LogP) is 16.1. The van der Waals surface area contributed by atoms with E-state index in [2.05, 4.69) is 194 Å². The summed E-state index contributed by atoms with van der Waals surface area (Å²) in [5.74, 6) is 0. The van der Waals surface area contributed by atoms with Crippen molar-refractivity contribution in [2.75, 3.05) is 0 Å². The summed E-state index contributed by atoms with van der Waals surface area (Å²) in [6, 6.07) is 71.6. The van der Waals surface area contributed by atoms with Crippen LogP contribution in [0.15, 0.2) is 199 Å². The molecule has 0 spiro atoms. The van der Waals surface area contributed by atoms with Crippen molar-refractivity contribution in [2.24, 2.45) is 0 Å². The van der Waals surface area contributed by atoms with Crippen molar-refractivity contribution in [1.29, 1.82) is 0 Å². The molecule has 12 aromatic carbocycles. The van der Waals surface area contributed by atoms with E-state index < -0.39 is 0 Å². The highest BCUT2D eigenvalue weighted by atomic mass is 16.3. The normalized spacial score (nSPS) is 12.2. The lowest BCUT2D eigenvalue weighted by molar-refractivity contribution is 0.669. The van der Waals surface area contributed by atoms with Gasteiger partial charge in [0, 0.05) is 10.8 Å². The van der Waals surface area contributed by atoms with Crippen molar-refractivity contribution < 1.29 is 4.42 Å². The number of benzene rings is 12. The molecule has 0 amide bonds. The maximum absolute atomic E-state index is 6.87. The van der Waals surface area contributed by atoms with Crippen LogP contribution < -0.4 is 0 Å². The second-order valence-corrected chi connectivity index (χ2v) is 15.5. The molecule has 0 saturated carbocycles. The highest BCUT2D eigenvalue weighted by molar-refractivity contribution is 6.31.